The summed E-state index contributed by atoms with van der Waals surface area (Å²) < 4.78 is 2.73. The maximum Gasteiger partial charge on any atom is 0.339 e. The number of aromatic nitrogens is 2. The topological polar surface area (TPSA) is 67.2 Å². The summed E-state index contributed by atoms with van der Waals surface area (Å²) in [4.78, 5) is 11.0. The lowest BCUT2D eigenvalue weighted by molar-refractivity contribution is 0.0695. The molecule has 0 spiro atoms. The number of rotatable bonds is 4. The normalized spacial score (nSPS) is 10.3. The molecule has 1 aromatic heterocycles. The molecule has 0 aliphatic rings. The van der Waals surface area contributed by atoms with E-state index in [1.54, 1.807) is 11.7 Å². The Kier molecular flexibility index (Phi) is 3.85. The molecule has 0 saturated heterocycles. The van der Waals surface area contributed by atoms with Crippen LogP contribution in [-0.4, -0.2) is 20.9 Å². The molecule has 5 nitrogen and oxygen atoms in total. The fourth-order valence-electron chi connectivity index (χ4n) is 1.60. The minimum Gasteiger partial charge on any atom is -0.478 e. The summed E-state index contributed by atoms with van der Waals surface area (Å²) in [6.45, 7) is 0.429. The van der Waals surface area contributed by atoms with Crippen molar-refractivity contribution in [3.63, 3.8) is 0 Å². The lowest BCUT2D eigenvalue weighted by Gasteiger charge is -2.08. The van der Waals surface area contributed by atoms with Gasteiger partial charge in [0.25, 0.3) is 0 Å². The van der Waals surface area contributed by atoms with E-state index in [1.807, 2.05) is 24.3 Å². The molecule has 2 aromatic rings. The zero-order valence-corrected chi connectivity index (χ0v) is 11.9. The number of hydrogen-bond acceptors (Lipinski definition) is 3. The fourth-order valence-corrected chi connectivity index (χ4v) is 1.96. The Labute approximate surface area is 118 Å². The summed E-state index contributed by atoms with van der Waals surface area (Å²) in [6, 6.07) is 7.89. The van der Waals surface area contributed by atoms with E-state index in [9.17, 15) is 4.79 Å². The van der Waals surface area contributed by atoms with Crippen molar-refractivity contribution in [2.24, 2.45) is 7.05 Å². The molecule has 0 saturated carbocycles. The number of benzene rings is 1. The molecule has 1 heterocycles. The van der Waals surface area contributed by atoms with Crippen molar-refractivity contribution >= 4 is 34.2 Å². The van der Waals surface area contributed by atoms with Gasteiger partial charge in [0.1, 0.15) is 5.56 Å². The first-order chi connectivity index (χ1) is 8.58. The van der Waals surface area contributed by atoms with Gasteiger partial charge < -0.3 is 10.4 Å². The molecule has 2 rings (SSSR count). The second kappa shape index (κ2) is 5.38. The van der Waals surface area contributed by atoms with Crippen LogP contribution in [0.15, 0.2) is 30.5 Å². The van der Waals surface area contributed by atoms with Crippen molar-refractivity contribution in [2.45, 2.75) is 6.54 Å². The smallest absolute Gasteiger partial charge is 0.339 e. The van der Waals surface area contributed by atoms with E-state index in [4.69, 9.17) is 5.11 Å². The highest BCUT2D eigenvalue weighted by atomic mass is 127. The molecule has 2 N–H and O–H groups in total. The molecular formula is C12H12IN3O2. The van der Waals surface area contributed by atoms with Crippen molar-refractivity contribution in [3.05, 3.63) is 45.3 Å². The Hall–Kier alpha value is -1.57. The molecule has 0 radical (unpaired) electrons. The third-order valence-corrected chi connectivity index (χ3v) is 3.32. The first kappa shape index (κ1) is 12.9. The summed E-state index contributed by atoms with van der Waals surface area (Å²) in [5.41, 5.74) is 1.84. The molecular weight excluding hydrogens is 345 g/mol. The third-order valence-electron chi connectivity index (χ3n) is 2.60. The number of carbonyl (C=O) groups is 1. The van der Waals surface area contributed by atoms with Crippen LogP contribution in [0, 0.1) is 3.57 Å². The number of halogens is 1. The van der Waals surface area contributed by atoms with Gasteiger partial charge in [-0.25, -0.2) is 4.79 Å². The quantitative estimate of drug-likeness (QED) is 0.825. The van der Waals surface area contributed by atoms with Crippen molar-refractivity contribution in [2.75, 3.05) is 5.32 Å². The number of aryl methyl sites for hydroxylation is 1. The summed E-state index contributed by atoms with van der Waals surface area (Å²) in [5, 5.41) is 16.2. The highest BCUT2D eigenvalue weighted by molar-refractivity contribution is 14.1. The van der Waals surface area contributed by atoms with Gasteiger partial charge in [0, 0.05) is 16.3 Å². The van der Waals surface area contributed by atoms with Crippen LogP contribution in [0.1, 0.15) is 16.1 Å². The maximum atomic E-state index is 11.0. The zero-order valence-electron chi connectivity index (χ0n) is 9.72. The Morgan fingerprint density at radius 1 is 1.44 bits per heavy atom. The molecule has 0 fully saturated rings. The van der Waals surface area contributed by atoms with Gasteiger partial charge in [0.05, 0.1) is 18.4 Å². The summed E-state index contributed by atoms with van der Waals surface area (Å²) in [5.74, 6) is -0.956. The van der Waals surface area contributed by atoms with Crippen LogP contribution in [0.3, 0.4) is 0 Å². The van der Waals surface area contributed by atoms with E-state index < -0.39 is 5.97 Å². The molecule has 0 atom stereocenters. The molecule has 6 heteroatoms. The van der Waals surface area contributed by atoms with Crippen LogP contribution in [-0.2, 0) is 13.6 Å². The van der Waals surface area contributed by atoms with E-state index in [2.05, 4.69) is 33.0 Å². The standard InChI is InChI=1S/C12H12IN3O2/c1-16-11(10(6-15-16)12(17)18)7-14-9-4-2-8(13)3-5-9/h2-6,14H,7H2,1H3,(H,17,18). The first-order valence-electron chi connectivity index (χ1n) is 5.31. The van der Waals surface area contributed by atoms with Gasteiger partial charge in [-0.1, -0.05) is 0 Å². The van der Waals surface area contributed by atoms with Gasteiger partial charge in [-0.3, -0.25) is 4.68 Å². The average Bonchev–Trinajstić information content (AvgIpc) is 2.70. The van der Waals surface area contributed by atoms with E-state index in [0.717, 1.165) is 9.26 Å². The number of nitrogens with zero attached hydrogens (tertiary/aromatic N) is 2. The van der Waals surface area contributed by atoms with E-state index >= 15 is 0 Å². The Morgan fingerprint density at radius 2 is 2.11 bits per heavy atom. The highest BCUT2D eigenvalue weighted by Crippen LogP contribution is 2.14. The molecule has 0 aliphatic heterocycles. The second-order valence-corrected chi connectivity index (χ2v) is 5.04. The van der Waals surface area contributed by atoms with E-state index in [0.29, 0.717) is 12.2 Å². The molecule has 18 heavy (non-hydrogen) atoms. The molecule has 1 aromatic carbocycles. The summed E-state index contributed by atoms with van der Waals surface area (Å²) in [6.07, 6.45) is 1.37. The second-order valence-electron chi connectivity index (χ2n) is 3.79. The number of carboxylic acids is 1. The monoisotopic (exact) mass is 357 g/mol. The third kappa shape index (κ3) is 2.81. The number of anilines is 1. The number of carboxylic acid groups (broad SMARTS) is 1. The van der Waals surface area contributed by atoms with Gasteiger partial charge in [0.2, 0.25) is 0 Å². The van der Waals surface area contributed by atoms with Gasteiger partial charge >= 0.3 is 5.97 Å². The van der Waals surface area contributed by atoms with Crippen molar-refractivity contribution in [1.29, 1.82) is 0 Å². The number of nitrogens with one attached hydrogen (secondary N) is 1. The fraction of sp³-hybridized carbons (Fsp3) is 0.167. The highest BCUT2D eigenvalue weighted by Gasteiger charge is 2.14. The van der Waals surface area contributed by atoms with Gasteiger partial charge in [0.15, 0.2) is 0 Å². The average molecular weight is 357 g/mol. The molecule has 0 unspecified atom stereocenters. The molecule has 0 amide bonds. The Morgan fingerprint density at radius 3 is 2.72 bits per heavy atom. The van der Waals surface area contributed by atoms with Gasteiger partial charge in [-0.05, 0) is 46.9 Å². The van der Waals surface area contributed by atoms with Crippen molar-refractivity contribution in [1.82, 2.24) is 9.78 Å². The van der Waals surface area contributed by atoms with Crippen LogP contribution in [0.2, 0.25) is 0 Å². The Bertz CT molecular complexity index is 563. The van der Waals surface area contributed by atoms with E-state index in [1.165, 1.54) is 6.20 Å². The van der Waals surface area contributed by atoms with Crippen LogP contribution < -0.4 is 5.32 Å². The van der Waals surface area contributed by atoms with Crippen molar-refractivity contribution in [3.8, 4) is 0 Å². The van der Waals surface area contributed by atoms with Gasteiger partial charge in [-0.2, -0.15) is 5.10 Å². The van der Waals surface area contributed by atoms with Crippen LogP contribution in [0.5, 0.6) is 0 Å². The SMILES string of the molecule is Cn1ncc(C(=O)O)c1CNc1ccc(I)cc1. The first-order valence-corrected chi connectivity index (χ1v) is 6.39. The number of hydrogen-bond donors (Lipinski definition) is 2. The van der Waals surface area contributed by atoms with Crippen LogP contribution in [0.25, 0.3) is 0 Å². The molecule has 0 aliphatic carbocycles. The molecule has 94 valence electrons. The minimum atomic E-state index is -0.956. The minimum absolute atomic E-state index is 0.232. The van der Waals surface area contributed by atoms with Crippen molar-refractivity contribution < 1.29 is 9.90 Å². The largest absolute Gasteiger partial charge is 0.478 e. The van der Waals surface area contributed by atoms with E-state index in [-0.39, 0.29) is 5.56 Å². The lowest BCUT2D eigenvalue weighted by atomic mass is 10.2. The van der Waals surface area contributed by atoms with Gasteiger partial charge in [-0.15, -0.1) is 0 Å². The number of aromatic carboxylic acids is 1. The predicted octanol–water partition coefficient (Wildman–Crippen LogP) is 2.33. The lowest BCUT2D eigenvalue weighted by Crippen LogP contribution is -2.10. The summed E-state index contributed by atoms with van der Waals surface area (Å²) in [7, 11) is 1.73. The Balaban J connectivity index is 2.12. The van der Waals surface area contributed by atoms with Crippen LogP contribution >= 0.6 is 22.6 Å². The zero-order chi connectivity index (χ0) is 13.1. The maximum absolute atomic E-state index is 11.0. The van der Waals surface area contributed by atoms with Crippen LogP contribution in [0.4, 0.5) is 5.69 Å². The summed E-state index contributed by atoms with van der Waals surface area (Å²) >= 11 is 2.24. The predicted molar refractivity (Wildman–Crippen MR) is 76.7 cm³/mol. The molecule has 0 bridgehead atoms.